The lowest BCUT2D eigenvalue weighted by atomic mass is 10.1. The number of alkyl halides is 3. The standard InChI is InChI=1S/C19H20F3N3O3/c1-10(2)25-8-7-14(18(25)27)23-16(26)15-11(3)28-17(24-15)12-5-4-6-13(9-12)19(20,21)22/h4-6,9-10,14H,7-8H2,1-3H3,(H,23,26). The van der Waals surface area contributed by atoms with E-state index in [1.54, 1.807) is 4.90 Å². The van der Waals surface area contributed by atoms with Crippen LogP contribution in [0.3, 0.4) is 0 Å². The summed E-state index contributed by atoms with van der Waals surface area (Å²) in [6.45, 7) is 5.83. The van der Waals surface area contributed by atoms with E-state index in [0.717, 1.165) is 12.1 Å². The molecule has 9 heteroatoms. The van der Waals surface area contributed by atoms with Crippen molar-refractivity contribution in [2.75, 3.05) is 6.54 Å². The molecule has 0 spiro atoms. The van der Waals surface area contributed by atoms with Crippen molar-refractivity contribution < 1.29 is 27.2 Å². The Labute approximate surface area is 159 Å². The summed E-state index contributed by atoms with van der Waals surface area (Å²) in [5.41, 5.74) is -0.778. The van der Waals surface area contributed by atoms with Crippen LogP contribution < -0.4 is 5.32 Å². The van der Waals surface area contributed by atoms with Crippen molar-refractivity contribution in [2.24, 2.45) is 0 Å². The van der Waals surface area contributed by atoms with Crippen LogP contribution in [-0.4, -0.2) is 40.3 Å². The number of nitrogens with zero attached hydrogens (tertiary/aromatic N) is 2. The van der Waals surface area contributed by atoms with E-state index in [0.29, 0.717) is 13.0 Å². The summed E-state index contributed by atoms with van der Waals surface area (Å²) in [7, 11) is 0. The summed E-state index contributed by atoms with van der Waals surface area (Å²) in [5.74, 6) is -0.683. The molecule has 1 aliphatic rings. The first-order valence-electron chi connectivity index (χ1n) is 8.84. The van der Waals surface area contributed by atoms with Gasteiger partial charge in [0.1, 0.15) is 11.8 Å². The van der Waals surface area contributed by atoms with Crippen LogP contribution >= 0.6 is 0 Å². The normalized spacial score (nSPS) is 17.5. The van der Waals surface area contributed by atoms with Gasteiger partial charge in [0.2, 0.25) is 11.8 Å². The summed E-state index contributed by atoms with van der Waals surface area (Å²) >= 11 is 0. The Balaban J connectivity index is 1.79. The zero-order valence-electron chi connectivity index (χ0n) is 15.6. The van der Waals surface area contributed by atoms with Crippen molar-refractivity contribution in [1.82, 2.24) is 15.2 Å². The van der Waals surface area contributed by atoms with Gasteiger partial charge in [-0.1, -0.05) is 6.07 Å². The molecule has 1 unspecified atom stereocenters. The third kappa shape index (κ3) is 3.88. The second-order valence-electron chi connectivity index (χ2n) is 6.94. The van der Waals surface area contributed by atoms with E-state index in [4.69, 9.17) is 4.42 Å². The number of carbonyl (C=O) groups is 2. The largest absolute Gasteiger partial charge is 0.441 e. The van der Waals surface area contributed by atoms with E-state index in [1.807, 2.05) is 13.8 Å². The lowest BCUT2D eigenvalue weighted by Gasteiger charge is -2.20. The molecule has 150 valence electrons. The molecule has 1 aromatic carbocycles. The number of benzene rings is 1. The number of aromatic nitrogens is 1. The Kier molecular flexibility index (Phi) is 5.18. The topological polar surface area (TPSA) is 75.4 Å². The molecule has 3 rings (SSSR count). The number of aryl methyl sites for hydroxylation is 1. The van der Waals surface area contributed by atoms with Crippen molar-refractivity contribution in [3.63, 3.8) is 0 Å². The van der Waals surface area contributed by atoms with Gasteiger partial charge in [-0.3, -0.25) is 9.59 Å². The fourth-order valence-corrected chi connectivity index (χ4v) is 3.13. The number of nitrogens with one attached hydrogen (secondary N) is 1. The number of likely N-dealkylation sites (tertiary alicyclic amines) is 1. The minimum absolute atomic E-state index is 0.0377. The fourth-order valence-electron chi connectivity index (χ4n) is 3.13. The molecular formula is C19H20F3N3O3. The molecule has 1 saturated heterocycles. The summed E-state index contributed by atoms with van der Waals surface area (Å²) in [5, 5.41) is 2.64. The van der Waals surface area contributed by atoms with Crippen LogP contribution in [0, 0.1) is 6.92 Å². The molecule has 1 fully saturated rings. The SMILES string of the molecule is Cc1oc(-c2cccc(C(F)(F)F)c2)nc1C(=O)NC1CCN(C(C)C)C1=O. The zero-order valence-corrected chi connectivity index (χ0v) is 15.6. The second kappa shape index (κ2) is 7.29. The van der Waals surface area contributed by atoms with Crippen molar-refractivity contribution in [3.05, 3.63) is 41.3 Å². The maximum absolute atomic E-state index is 12.9. The number of hydrogen-bond acceptors (Lipinski definition) is 4. The minimum atomic E-state index is -4.50. The first-order chi connectivity index (χ1) is 13.1. The third-order valence-electron chi connectivity index (χ3n) is 4.62. The van der Waals surface area contributed by atoms with Gasteiger partial charge in [-0.25, -0.2) is 4.98 Å². The van der Waals surface area contributed by atoms with Gasteiger partial charge in [-0.15, -0.1) is 0 Å². The van der Waals surface area contributed by atoms with Gasteiger partial charge in [-0.2, -0.15) is 13.2 Å². The predicted octanol–water partition coefficient (Wildman–Crippen LogP) is 3.41. The summed E-state index contributed by atoms with van der Waals surface area (Å²) in [4.78, 5) is 30.6. The predicted molar refractivity (Wildman–Crippen MR) is 94.4 cm³/mol. The molecule has 1 aliphatic heterocycles. The Morgan fingerprint density at radius 1 is 1.36 bits per heavy atom. The maximum Gasteiger partial charge on any atom is 0.416 e. The molecule has 2 amide bonds. The summed E-state index contributed by atoms with van der Waals surface area (Å²) < 4.78 is 44.1. The smallest absolute Gasteiger partial charge is 0.416 e. The van der Waals surface area contributed by atoms with E-state index >= 15 is 0 Å². The molecule has 1 N–H and O–H groups in total. The fraction of sp³-hybridized carbons (Fsp3) is 0.421. The molecular weight excluding hydrogens is 375 g/mol. The van der Waals surface area contributed by atoms with Crippen LogP contribution in [0.15, 0.2) is 28.7 Å². The monoisotopic (exact) mass is 395 g/mol. The molecule has 0 aliphatic carbocycles. The summed E-state index contributed by atoms with van der Waals surface area (Å²) in [6, 6.07) is 3.91. The Bertz CT molecular complexity index is 905. The average Bonchev–Trinajstić information content (AvgIpc) is 3.18. The van der Waals surface area contributed by atoms with E-state index in [-0.39, 0.29) is 34.9 Å². The van der Waals surface area contributed by atoms with Crippen LogP contribution in [0.4, 0.5) is 13.2 Å². The van der Waals surface area contributed by atoms with Crippen LogP contribution in [-0.2, 0) is 11.0 Å². The maximum atomic E-state index is 12.9. The third-order valence-corrected chi connectivity index (χ3v) is 4.62. The number of oxazole rings is 1. The second-order valence-corrected chi connectivity index (χ2v) is 6.94. The molecule has 0 saturated carbocycles. The lowest BCUT2D eigenvalue weighted by molar-refractivity contribution is -0.137. The van der Waals surface area contributed by atoms with Crippen LogP contribution in [0.5, 0.6) is 0 Å². The molecule has 1 atom stereocenters. The average molecular weight is 395 g/mol. The first-order valence-corrected chi connectivity index (χ1v) is 8.84. The van der Waals surface area contributed by atoms with Crippen LogP contribution in [0.1, 0.15) is 42.1 Å². The minimum Gasteiger partial charge on any atom is -0.441 e. The molecule has 6 nitrogen and oxygen atoms in total. The van der Waals surface area contributed by atoms with Gasteiger partial charge in [-0.05, 0) is 45.4 Å². The van der Waals surface area contributed by atoms with E-state index in [9.17, 15) is 22.8 Å². The highest BCUT2D eigenvalue weighted by atomic mass is 19.4. The highest BCUT2D eigenvalue weighted by Gasteiger charge is 2.35. The first kappa shape index (κ1) is 19.9. The van der Waals surface area contributed by atoms with Gasteiger partial charge in [0, 0.05) is 18.2 Å². The Morgan fingerprint density at radius 3 is 2.68 bits per heavy atom. The van der Waals surface area contributed by atoms with Crippen molar-refractivity contribution in [2.45, 2.75) is 45.5 Å². The van der Waals surface area contributed by atoms with Gasteiger partial charge >= 0.3 is 6.18 Å². The number of hydrogen-bond donors (Lipinski definition) is 1. The van der Waals surface area contributed by atoms with E-state index in [1.165, 1.54) is 19.1 Å². The van der Waals surface area contributed by atoms with Crippen molar-refractivity contribution in [1.29, 1.82) is 0 Å². The number of carbonyl (C=O) groups excluding carboxylic acids is 2. The molecule has 0 radical (unpaired) electrons. The highest BCUT2D eigenvalue weighted by Crippen LogP contribution is 2.32. The molecule has 28 heavy (non-hydrogen) atoms. The van der Waals surface area contributed by atoms with Gasteiger partial charge in [0.05, 0.1) is 5.56 Å². The van der Waals surface area contributed by atoms with Crippen molar-refractivity contribution in [3.8, 4) is 11.5 Å². The number of rotatable bonds is 4. The number of amides is 2. The van der Waals surface area contributed by atoms with E-state index < -0.39 is 23.7 Å². The Hall–Kier alpha value is -2.84. The molecule has 1 aromatic heterocycles. The molecule has 2 aromatic rings. The van der Waals surface area contributed by atoms with E-state index in [2.05, 4.69) is 10.3 Å². The van der Waals surface area contributed by atoms with Crippen LogP contribution in [0.25, 0.3) is 11.5 Å². The quantitative estimate of drug-likeness (QED) is 0.861. The molecule has 0 bridgehead atoms. The number of halogens is 3. The van der Waals surface area contributed by atoms with Crippen LogP contribution in [0.2, 0.25) is 0 Å². The zero-order chi connectivity index (χ0) is 20.6. The lowest BCUT2D eigenvalue weighted by Crippen LogP contribution is -2.43. The highest BCUT2D eigenvalue weighted by molar-refractivity contribution is 5.97. The Morgan fingerprint density at radius 2 is 2.07 bits per heavy atom. The molecule has 2 heterocycles. The van der Waals surface area contributed by atoms with Crippen molar-refractivity contribution >= 4 is 11.8 Å². The van der Waals surface area contributed by atoms with Gasteiger partial charge in [0.15, 0.2) is 5.69 Å². The summed E-state index contributed by atoms with van der Waals surface area (Å²) in [6.07, 6.45) is -4.01. The van der Waals surface area contributed by atoms with Gasteiger partial charge in [0.25, 0.3) is 5.91 Å². The van der Waals surface area contributed by atoms with Gasteiger partial charge < -0.3 is 14.6 Å².